The van der Waals surface area contributed by atoms with Crippen molar-refractivity contribution in [1.82, 2.24) is 9.62 Å². The topological polar surface area (TPSA) is 58.6 Å². The Morgan fingerprint density at radius 2 is 1.89 bits per heavy atom. The number of sulfonamides is 1. The maximum Gasteiger partial charge on any atom is 0.214 e. The smallest absolute Gasteiger partial charge is 0.214 e. The molecular formula is C12H24N2O3S. The fourth-order valence-electron chi connectivity index (χ4n) is 2.33. The summed E-state index contributed by atoms with van der Waals surface area (Å²) in [7, 11) is -3.02. The molecule has 2 saturated heterocycles. The Morgan fingerprint density at radius 1 is 1.22 bits per heavy atom. The molecule has 2 fully saturated rings. The molecule has 106 valence electrons. The van der Waals surface area contributed by atoms with Gasteiger partial charge in [0.2, 0.25) is 10.0 Å². The molecule has 0 bridgehead atoms. The summed E-state index contributed by atoms with van der Waals surface area (Å²) < 4.78 is 31.6. The molecule has 2 aliphatic rings. The number of hydrogen-bond acceptors (Lipinski definition) is 4. The van der Waals surface area contributed by atoms with Crippen molar-refractivity contribution >= 4 is 10.0 Å². The van der Waals surface area contributed by atoms with E-state index in [4.69, 9.17) is 4.74 Å². The zero-order valence-corrected chi connectivity index (χ0v) is 11.9. The molecule has 2 aliphatic heterocycles. The van der Waals surface area contributed by atoms with Gasteiger partial charge in [-0.05, 0) is 19.3 Å². The van der Waals surface area contributed by atoms with Crippen LogP contribution in [-0.2, 0) is 14.8 Å². The Kier molecular flexibility index (Phi) is 5.00. The summed E-state index contributed by atoms with van der Waals surface area (Å²) in [4.78, 5) is 0. The van der Waals surface area contributed by atoms with Crippen LogP contribution >= 0.6 is 0 Å². The van der Waals surface area contributed by atoms with E-state index in [1.807, 2.05) is 6.92 Å². The first-order chi connectivity index (χ1) is 8.62. The number of nitrogens with zero attached hydrogens (tertiary/aromatic N) is 1. The number of piperidine rings is 1. The van der Waals surface area contributed by atoms with Crippen molar-refractivity contribution in [2.45, 2.75) is 44.8 Å². The summed E-state index contributed by atoms with van der Waals surface area (Å²) in [5.74, 6) is 0.293. The first kappa shape index (κ1) is 14.2. The predicted molar refractivity (Wildman–Crippen MR) is 71.0 cm³/mol. The summed E-state index contributed by atoms with van der Waals surface area (Å²) in [5, 5.41) is 3.18. The molecule has 2 rings (SSSR count). The lowest BCUT2D eigenvalue weighted by atomic mass is 10.1. The maximum atomic E-state index is 12.0. The average Bonchev–Trinajstić information content (AvgIpc) is 2.32. The summed E-state index contributed by atoms with van der Waals surface area (Å²) >= 11 is 0. The SMILES string of the molecule is CCCCS(=O)(=O)N1CCC(OC2CNC2)CC1. The largest absolute Gasteiger partial charge is 0.372 e. The predicted octanol–water partition coefficient (Wildman–Crippen LogP) is 0.569. The number of hydrogen-bond donors (Lipinski definition) is 1. The standard InChI is InChI=1S/C12H24N2O3S/c1-2-3-8-18(15,16)14-6-4-11(5-7-14)17-12-9-13-10-12/h11-13H,2-10H2,1H3. The quantitative estimate of drug-likeness (QED) is 0.770. The van der Waals surface area contributed by atoms with E-state index in [2.05, 4.69) is 5.32 Å². The van der Waals surface area contributed by atoms with Crippen LogP contribution in [-0.4, -0.2) is 56.9 Å². The highest BCUT2D eigenvalue weighted by atomic mass is 32.2. The molecule has 0 radical (unpaired) electrons. The Hall–Kier alpha value is -0.170. The van der Waals surface area contributed by atoms with Gasteiger partial charge in [-0.3, -0.25) is 0 Å². The molecule has 0 aromatic carbocycles. The van der Waals surface area contributed by atoms with E-state index in [0.29, 0.717) is 24.9 Å². The fourth-order valence-corrected chi connectivity index (χ4v) is 4.01. The van der Waals surface area contributed by atoms with Crippen LogP contribution in [0.15, 0.2) is 0 Å². The average molecular weight is 276 g/mol. The third-order valence-electron chi connectivity index (χ3n) is 3.68. The van der Waals surface area contributed by atoms with Gasteiger partial charge in [-0.1, -0.05) is 13.3 Å². The number of rotatable bonds is 6. The van der Waals surface area contributed by atoms with Crippen molar-refractivity contribution in [3.63, 3.8) is 0 Å². The monoisotopic (exact) mass is 276 g/mol. The van der Waals surface area contributed by atoms with Crippen LogP contribution in [0.4, 0.5) is 0 Å². The van der Waals surface area contributed by atoms with Crippen LogP contribution in [0.3, 0.4) is 0 Å². The van der Waals surface area contributed by atoms with E-state index in [9.17, 15) is 8.42 Å². The van der Waals surface area contributed by atoms with Gasteiger partial charge in [-0.25, -0.2) is 12.7 Å². The number of unbranched alkanes of at least 4 members (excludes halogenated alkanes) is 1. The van der Waals surface area contributed by atoms with Crippen LogP contribution in [0, 0.1) is 0 Å². The van der Waals surface area contributed by atoms with Crippen molar-refractivity contribution in [2.75, 3.05) is 31.9 Å². The molecule has 0 atom stereocenters. The molecule has 5 nitrogen and oxygen atoms in total. The van der Waals surface area contributed by atoms with E-state index in [1.54, 1.807) is 4.31 Å². The van der Waals surface area contributed by atoms with Crippen molar-refractivity contribution in [3.05, 3.63) is 0 Å². The van der Waals surface area contributed by atoms with Gasteiger partial charge in [-0.15, -0.1) is 0 Å². The summed E-state index contributed by atoms with van der Waals surface area (Å²) in [5.41, 5.74) is 0. The zero-order valence-electron chi connectivity index (χ0n) is 11.1. The third-order valence-corrected chi connectivity index (χ3v) is 5.64. The van der Waals surface area contributed by atoms with Crippen molar-refractivity contribution in [2.24, 2.45) is 0 Å². The summed E-state index contributed by atoms with van der Waals surface area (Å²) in [6.45, 7) is 5.14. The van der Waals surface area contributed by atoms with Crippen LogP contribution in [0.2, 0.25) is 0 Å². The van der Waals surface area contributed by atoms with Crippen molar-refractivity contribution in [3.8, 4) is 0 Å². The minimum Gasteiger partial charge on any atom is -0.372 e. The molecule has 0 unspecified atom stereocenters. The van der Waals surface area contributed by atoms with Gasteiger partial charge in [0, 0.05) is 26.2 Å². The normalized spacial score (nSPS) is 24.1. The molecule has 0 aromatic heterocycles. The van der Waals surface area contributed by atoms with Crippen molar-refractivity contribution in [1.29, 1.82) is 0 Å². The first-order valence-corrected chi connectivity index (χ1v) is 8.56. The fraction of sp³-hybridized carbons (Fsp3) is 1.00. The third kappa shape index (κ3) is 3.66. The van der Waals surface area contributed by atoms with E-state index < -0.39 is 10.0 Å². The minimum atomic E-state index is -3.02. The molecule has 18 heavy (non-hydrogen) atoms. The minimum absolute atomic E-state index is 0.245. The second-order valence-corrected chi connectivity index (χ2v) is 7.27. The van der Waals surface area contributed by atoms with Gasteiger partial charge in [0.15, 0.2) is 0 Å². The molecule has 0 aromatic rings. The highest BCUT2D eigenvalue weighted by Gasteiger charge is 2.30. The van der Waals surface area contributed by atoms with Crippen molar-refractivity contribution < 1.29 is 13.2 Å². The number of nitrogens with one attached hydrogen (secondary N) is 1. The Bertz CT molecular complexity index is 346. The Labute approximate surface area is 110 Å². The van der Waals surface area contributed by atoms with E-state index in [-0.39, 0.29) is 6.10 Å². The van der Waals surface area contributed by atoms with Gasteiger partial charge in [0.05, 0.1) is 18.0 Å². The van der Waals surface area contributed by atoms with Gasteiger partial charge in [0.25, 0.3) is 0 Å². The van der Waals surface area contributed by atoms with Gasteiger partial charge in [0.1, 0.15) is 0 Å². The molecule has 1 N–H and O–H groups in total. The molecule has 0 saturated carbocycles. The van der Waals surface area contributed by atoms with Crippen LogP contribution < -0.4 is 5.32 Å². The molecule has 2 heterocycles. The maximum absolute atomic E-state index is 12.0. The van der Waals surface area contributed by atoms with E-state index in [1.165, 1.54) is 0 Å². The lowest BCUT2D eigenvalue weighted by molar-refractivity contribution is -0.0552. The zero-order chi connectivity index (χ0) is 13.0. The Balaban J connectivity index is 1.74. The molecular weight excluding hydrogens is 252 g/mol. The summed E-state index contributed by atoms with van der Waals surface area (Å²) in [6.07, 6.45) is 3.94. The highest BCUT2D eigenvalue weighted by molar-refractivity contribution is 7.89. The van der Waals surface area contributed by atoms with Gasteiger partial charge in [-0.2, -0.15) is 0 Å². The first-order valence-electron chi connectivity index (χ1n) is 6.96. The van der Waals surface area contributed by atoms with Gasteiger partial charge < -0.3 is 10.1 Å². The molecule has 0 spiro atoms. The Morgan fingerprint density at radius 3 is 2.39 bits per heavy atom. The van der Waals surface area contributed by atoms with E-state index in [0.717, 1.165) is 38.8 Å². The second-order valence-electron chi connectivity index (χ2n) is 5.18. The molecule has 6 heteroatoms. The molecule has 0 amide bonds. The van der Waals surface area contributed by atoms with Crippen LogP contribution in [0.5, 0.6) is 0 Å². The van der Waals surface area contributed by atoms with E-state index >= 15 is 0 Å². The summed E-state index contributed by atoms with van der Waals surface area (Å²) in [6, 6.07) is 0. The lowest BCUT2D eigenvalue weighted by Crippen LogP contribution is -2.51. The highest BCUT2D eigenvalue weighted by Crippen LogP contribution is 2.19. The lowest BCUT2D eigenvalue weighted by Gasteiger charge is -2.36. The van der Waals surface area contributed by atoms with Crippen LogP contribution in [0.25, 0.3) is 0 Å². The second kappa shape index (κ2) is 6.32. The number of ether oxygens (including phenoxy) is 1. The molecule has 0 aliphatic carbocycles. The van der Waals surface area contributed by atoms with Gasteiger partial charge >= 0.3 is 0 Å². The van der Waals surface area contributed by atoms with Crippen LogP contribution in [0.1, 0.15) is 32.6 Å².